The van der Waals surface area contributed by atoms with Crippen molar-refractivity contribution < 1.29 is 22.7 Å². The maximum atomic E-state index is 12.6. The maximum Gasteiger partial charge on any atom is 0.416 e. The van der Waals surface area contributed by atoms with E-state index in [-0.39, 0.29) is 0 Å². The number of carbonyl (C=O) groups is 1. The number of hydrogen-bond acceptors (Lipinski definition) is 3. The molecule has 0 spiro atoms. The number of alkyl halides is 3. The van der Waals surface area contributed by atoms with Crippen LogP contribution in [0.5, 0.6) is 0 Å². The average Bonchev–Trinajstić information content (AvgIpc) is 2.45. The SMILES string of the molecule is COC(=O)C1=C(c2ccc(C(F)(F)F)cc2)CCN(C)C1. The number of ether oxygens (including phenoxy) is 1. The van der Waals surface area contributed by atoms with Gasteiger partial charge >= 0.3 is 12.1 Å². The van der Waals surface area contributed by atoms with E-state index >= 15 is 0 Å². The summed E-state index contributed by atoms with van der Waals surface area (Å²) in [6.45, 7) is 1.18. The van der Waals surface area contributed by atoms with Gasteiger partial charge < -0.3 is 9.64 Å². The van der Waals surface area contributed by atoms with E-state index in [4.69, 9.17) is 4.74 Å². The topological polar surface area (TPSA) is 29.5 Å². The van der Waals surface area contributed by atoms with Crippen molar-refractivity contribution in [3.05, 3.63) is 41.0 Å². The smallest absolute Gasteiger partial charge is 0.416 e. The third-order valence-corrected chi connectivity index (χ3v) is 3.53. The number of nitrogens with zero attached hydrogens (tertiary/aromatic N) is 1. The van der Waals surface area contributed by atoms with Gasteiger partial charge in [-0.1, -0.05) is 12.1 Å². The van der Waals surface area contributed by atoms with E-state index in [9.17, 15) is 18.0 Å². The highest BCUT2D eigenvalue weighted by atomic mass is 19.4. The van der Waals surface area contributed by atoms with Crippen LogP contribution in [-0.2, 0) is 15.7 Å². The minimum atomic E-state index is -4.36. The van der Waals surface area contributed by atoms with Gasteiger partial charge in [0.05, 0.1) is 18.2 Å². The quantitative estimate of drug-likeness (QED) is 0.786. The number of likely N-dealkylation sites (N-methyl/N-ethyl adjacent to an activating group) is 1. The lowest BCUT2D eigenvalue weighted by Crippen LogP contribution is -2.31. The molecule has 1 aliphatic heterocycles. The third kappa shape index (κ3) is 3.44. The van der Waals surface area contributed by atoms with Crippen LogP contribution >= 0.6 is 0 Å². The molecule has 0 aliphatic carbocycles. The third-order valence-electron chi connectivity index (χ3n) is 3.53. The second kappa shape index (κ2) is 5.89. The molecule has 1 aromatic carbocycles. The molecule has 1 heterocycles. The first-order chi connectivity index (χ1) is 9.82. The van der Waals surface area contributed by atoms with Gasteiger partial charge in [-0.3, -0.25) is 0 Å². The molecule has 114 valence electrons. The van der Waals surface area contributed by atoms with Gasteiger partial charge in [-0.2, -0.15) is 13.2 Å². The first kappa shape index (κ1) is 15.6. The maximum absolute atomic E-state index is 12.6. The van der Waals surface area contributed by atoms with E-state index in [1.165, 1.54) is 19.2 Å². The van der Waals surface area contributed by atoms with Crippen LogP contribution in [0.3, 0.4) is 0 Å². The summed E-state index contributed by atoms with van der Waals surface area (Å²) in [5.41, 5.74) is 1.20. The van der Waals surface area contributed by atoms with Crippen LogP contribution in [0.1, 0.15) is 17.5 Å². The van der Waals surface area contributed by atoms with Crippen molar-refractivity contribution in [2.45, 2.75) is 12.6 Å². The molecule has 0 atom stereocenters. The molecule has 0 unspecified atom stereocenters. The molecule has 3 nitrogen and oxygen atoms in total. The Bertz CT molecular complexity index is 561. The summed E-state index contributed by atoms with van der Waals surface area (Å²) in [6.07, 6.45) is -3.75. The van der Waals surface area contributed by atoms with Crippen LogP contribution in [0.25, 0.3) is 5.57 Å². The largest absolute Gasteiger partial charge is 0.466 e. The monoisotopic (exact) mass is 299 g/mol. The molecule has 6 heteroatoms. The number of benzene rings is 1. The lowest BCUT2D eigenvalue weighted by Gasteiger charge is -2.26. The Kier molecular flexibility index (Phi) is 4.37. The van der Waals surface area contributed by atoms with Gasteiger partial charge in [-0.15, -0.1) is 0 Å². The second-order valence-electron chi connectivity index (χ2n) is 5.01. The highest BCUT2D eigenvalue weighted by Crippen LogP contribution is 2.32. The number of hydrogen-bond donors (Lipinski definition) is 0. The van der Waals surface area contributed by atoms with E-state index in [0.717, 1.165) is 24.3 Å². The summed E-state index contributed by atoms with van der Waals surface area (Å²) in [4.78, 5) is 13.8. The molecule has 0 saturated carbocycles. The van der Waals surface area contributed by atoms with Crippen LogP contribution in [-0.4, -0.2) is 38.1 Å². The fraction of sp³-hybridized carbons (Fsp3) is 0.400. The van der Waals surface area contributed by atoms with Gasteiger partial charge in [0.15, 0.2) is 0 Å². The predicted molar refractivity (Wildman–Crippen MR) is 72.5 cm³/mol. The van der Waals surface area contributed by atoms with Crippen molar-refractivity contribution in [3.63, 3.8) is 0 Å². The van der Waals surface area contributed by atoms with Crippen LogP contribution in [0.15, 0.2) is 29.8 Å². The molecular weight excluding hydrogens is 283 g/mol. The number of methoxy groups -OCH3 is 1. The molecule has 0 bridgehead atoms. The molecule has 1 aliphatic rings. The summed E-state index contributed by atoms with van der Waals surface area (Å²) in [5, 5.41) is 0. The van der Waals surface area contributed by atoms with Crippen LogP contribution in [0.2, 0.25) is 0 Å². The van der Waals surface area contributed by atoms with Gasteiger partial charge in [-0.25, -0.2) is 4.79 Å². The van der Waals surface area contributed by atoms with Crippen molar-refractivity contribution in [2.75, 3.05) is 27.2 Å². The highest BCUT2D eigenvalue weighted by molar-refractivity contribution is 5.98. The highest BCUT2D eigenvalue weighted by Gasteiger charge is 2.30. The zero-order chi connectivity index (χ0) is 15.6. The Balaban J connectivity index is 2.40. The number of esters is 1. The summed E-state index contributed by atoms with van der Waals surface area (Å²) >= 11 is 0. The molecule has 2 rings (SSSR count). The fourth-order valence-corrected chi connectivity index (χ4v) is 2.39. The van der Waals surface area contributed by atoms with E-state index < -0.39 is 17.7 Å². The molecule has 0 saturated heterocycles. The van der Waals surface area contributed by atoms with Crippen molar-refractivity contribution in [1.29, 1.82) is 0 Å². The Hall–Kier alpha value is -1.82. The molecule has 0 radical (unpaired) electrons. The van der Waals surface area contributed by atoms with Crippen molar-refractivity contribution in [3.8, 4) is 0 Å². The van der Waals surface area contributed by atoms with Gasteiger partial charge in [0.25, 0.3) is 0 Å². The van der Waals surface area contributed by atoms with Gasteiger partial charge in [0.2, 0.25) is 0 Å². The van der Waals surface area contributed by atoms with Crippen LogP contribution in [0, 0.1) is 0 Å². The lowest BCUT2D eigenvalue weighted by atomic mass is 9.93. The minimum absolute atomic E-state index is 0.434. The van der Waals surface area contributed by atoms with Gasteiger partial charge in [0.1, 0.15) is 0 Å². The summed E-state index contributed by atoms with van der Waals surface area (Å²) in [7, 11) is 3.18. The van der Waals surface area contributed by atoms with E-state index in [1.54, 1.807) is 0 Å². The van der Waals surface area contributed by atoms with E-state index in [2.05, 4.69) is 0 Å². The second-order valence-corrected chi connectivity index (χ2v) is 5.01. The molecular formula is C15H16F3NO2. The minimum Gasteiger partial charge on any atom is -0.466 e. The fourth-order valence-electron chi connectivity index (χ4n) is 2.39. The van der Waals surface area contributed by atoms with Crippen molar-refractivity contribution >= 4 is 11.5 Å². The summed E-state index contributed by atoms with van der Waals surface area (Å²) < 4.78 is 42.5. The molecule has 0 amide bonds. The lowest BCUT2D eigenvalue weighted by molar-refractivity contribution is -0.138. The molecule has 0 aromatic heterocycles. The number of halogens is 3. The molecule has 21 heavy (non-hydrogen) atoms. The Morgan fingerprint density at radius 2 is 1.86 bits per heavy atom. The normalized spacial score (nSPS) is 17.0. The first-order valence-electron chi connectivity index (χ1n) is 6.49. The van der Waals surface area contributed by atoms with E-state index in [1.807, 2.05) is 11.9 Å². The van der Waals surface area contributed by atoms with Crippen LogP contribution in [0.4, 0.5) is 13.2 Å². The van der Waals surface area contributed by atoms with E-state index in [0.29, 0.717) is 24.1 Å². The van der Waals surface area contributed by atoms with Crippen molar-refractivity contribution in [2.24, 2.45) is 0 Å². The zero-order valence-corrected chi connectivity index (χ0v) is 11.8. The Morgan fingerprint density at radius 3 is 2.38 bits per heavy atom. The predicted octanol–water partition coefficient (Wildman–Crippen LogP) is 2.97. The number of carbonyl (C=O) groups excluding carboxylic acids is 1. The molecule has 1 aromatic rings. The van der Waals surface area contributed by atoms with Crippen LogP contribution < -0.4 is 0 Å². The van der Waals surface area contributed by atoms with Gasteiger partial charge in [-0.05, 0) is 36.7 Å². The summed E-state index contributed by atoms with van der Waals surface area (Å²) in [5.74, 6) is -0.434. The van der Waals surface area contributed by atoms with Crippen molar-refractivity contribution in [1.82, 2.24) is 4.90 Å². The average molecular weight is 299 g/mol. The summed E-state index contributed by atoms with van der Waals surface area (Å²) in [6, 6.07) is 4.89. The number of rotatable bonds is 2. The van der Waals surface area contributed by atoms with Gasteiger partial charge in [0, 0.05) is 13.1 Å². The first-order valence-corrected chi connectivity index (χ1v) is 6.49. The molecule has 0 N–H and O–H groups in total. The standard InChI is InChI=1S/C15H16F3NO2/c1-19-8-7-12(13(9-19)14(20)21-2)10-3-5-11(6-4-10)15(16,17)18/h3-6H,7-9H2,1-2H3. The zero-order valence-electron chi connectivity index (χ0n) is 11.8. The Labute approximate surface area is 121 Å². The Morgan fingerprint density at radius 1 is 1.24 bits per heavy atom. The molecule has 0 fully saturated rings.